The quantitative estimate of drug-likeness (QED) is 0.906. The number of aromatic amines is 1. The Kier molecular flexibility index (Phi) is 4.19. The first-order chi connectivity index (χ1) is 10.3. The molecule has 2 aromatic heterocycles. The summed E-state index contributed by atoms with van der Waals surface area (Å²) in [6.07, 6.45) is 6.52. The van der Waals surface area contributed by atoms with Gasteiger partial charge in [-0.25, -0.2) is 4.79 Å². The van der Waals surface area contributed by atoms with Crippen molar-refractivity contribution in [2.45, 2.75) is 25.3 Å². The third-order valence-corrected chi connectivity index (χ3v) is 3.88. The molecule has 110 valence electrons. The van der Waals surface area contributed by atoms with Crippen LogP contribution in [0, 0.1) is 0 Å². The molecule has 5 heteroatoms. The first-order valence-corrected chi connectivity index (χ1v) is 7.42. The second-order valence-corrected chi connectivity index (χ2v) is 5.28. The highest BCUT2D eigenvalue weighted by molar-refractivity contribution is 5.75. The number of nitrogens with zero attached hydrogens (tertiary/aromatic N) is 2. The standard InChI is InChI=1S/C16H20N4O/c21-16(19-11-8-13-5-1-2-9-17-13)20-12-4-7-15(20)14-6-3-10-18-14/h1-3,5-6,9-10,15,18H,4,7-8,11-12H2,(H,19,21). The zero-order chi connectivity index (χ0) is 14.5. The predicted octanol–water partition coefficient (Wildman–Crippen LogP) is 2.50. The molecule has 0 radical (unpaired) electrons. The van der Waals surface area contributed by atoms with Crippen molar-refractivity contribution in [3.8, 4) is 0 Å². The van der Waals surface area contributed by atoms with Gasteiger partial charge in [0.15, 0.2) is 0 Å². The summed E-state index contributed by atoms with van der Waals surface area (Å²) in [6.45, 7) is 1.43. The van der Waals surface area contributed by atoms with Crippen LogP contribution in [-0.4, -0.2) is 34.0 Å². The Morgan fingerprint density at radius 3 is 3.10 bits per heavy atom. The number of urea groups is 1. The van der Waals surface area contributed by atoms with E-state index in [4.69, 9.17) is 0 Å². The van der Waals surface area contributed by atoms with E-state index in [-0.39, 0.29) is 12.1 Å². The molecule has 0 saturated carbocycles. The number of H-pyrrole nitrogens is 1. The summed E-state index contributed by atoms with van der Waals surface area (Å²) in [5.74, 6) is 0. The predicted molar refractivity (Wildman–Crippen MR) is 80.8 cm³/mol. The molecule has 2 aromatic rings. The van der Waals surface area contributed by atoms with Crippen LogP contribution in [0.3, 0.4) is 0 Å². The molecule has 1 fully saturated rings. The summed E-state index contributed by atoms with van der Waals surface area (Å²) in [5.41, 5.74) is 2.12. The average molecular weight is 284 g/mol. The fourth-order valence-electron chi connectivity index (χ4n) is 2.83. The normalized spacial score (nSPS) is 17.9. The Bertz CT molecular complexity index is 567. The number of carbonyl (C=O) groups excluding carboxylic acids is 1. The maximum atomic E-state index is 12.3. The van der Waals surface area contributed by atoms with Crippen LogP contribution >= 0.6 is 0 Å². The molecule has 1 aliphatic rings. The van der Waals surface area contributed by atoms with Gasteiger partial charge in [-0.15, -0.1) is 0 Å². The van der Waals surface area contributed by atoms with Gasteiger partial charge < -0.3 is 15.2 Å². The number of likely N-dealkylation sites (tertiary alicyclic amines) is 1. The van der Waals surface area contributed by atoms with Crippen LogP contribution in [0.1, 0.15) is 30.3 Å². The van der Waals surface area contributed by atoms with E-state index < -0.39 is 0 Å². The number of hydrogen-bond acceptors (Lipinski definition) is 2. The summed E-state index contributed by atoms with van der Waals surface area (Å²) < 4.78 is 0. The topological polar surface area (TPSA) is 61.0 Å². The average Bonchev–Trinajstić information content (AvgIpc) is 3.19. The highest BCUT2D eigenvalue weighted by Crippen LogP contribution is 2.30. The van der Waals surface area contributed by atoms with E-state index in [0.29, 0.717) is 6.54 Å². The van der Waals surface area contributed by atoms with Gasteiger partial charge in [0, 0.05) is 43.3 Å². The molecule has 3 rings (SSSR count). The molecule has 21 heavy (non-hydrogen) atoms. The molecule has 0 aromatic carbocycles. The van der Waals surface area contributed by atoms with Gasteiger partial charge in [-0.3, -0.25) is 4.98 Å². The van der Waals surface area contributed by atoms with Crippen molar-refractivity contribution in [1.29, 1.82) is 0 Å². The van der Waals surface area contributed by atoms with Crippen molar-refractivity contribution in [2.75, 3.05) is 13.1 Å². The number of hydrogen-bond donors (Lipinski definition) is 2. The van der Waals surface area contributed by atoms with Gasteiger partial charge in [0.25, 0.3) is 0 Å². The van der Waals surface area contributed by atoms with E-state index in [9.17, 15) is 4.79 Å². The molecular weight excluding hydrogens is 264 g/mol. The van der Waals surface area contributed by atoms with E-state index in [2.05, 4.69) is 15.3 Å². The summed E-state index contributed by atoms with van der Waals surface area (Å²) >= 11 is 0. The highest BCUT2D eigenvalue weighted by Gasteiger charge is 2.30. The molecule has 0 aliphatic carbocycles. The molecule has 1 saturated heterocycles. The van der Waals surface area contributed by atoms with Crippen molar-refractivity contribution >= 4 is 6.03 Å². The summed E-state index contributed by atoms with van der Waals surface area (Å²) in [4.78, 5) is 21.7. The monoisotopic (exact) mass is 284 g/mol. The Labute approximate surface area is 124 Å². The van der Waals surface area contributed by atoms with E-state index in [1.807, 2.05) is 41.4 Å². The van der Waals surface area contributed by atoms with Gasteiger partial charge >= 0.3 is 6.03 Å². The molecule has 2 N–H and O–H groups in total. The van der Waals surface area contributed by atoms with E-state index in [0.717, 1.165) is 37.2 Å². The molecule has 3 heterocycles. The van der Waals surface area contributed by atoms with E-state index >= 15 is 0 Å². The lowest BCUT2D eigenvalue weighted by Gasteiger charge is -2.24. The lowest BCUT2D eigenvalue weighted by molar-refractivity contribution is 0.192. The van der Waals surface area contributed by atoms with E-state index in [1.165, 1.54) is 0 Å². The third-order valence-electron chi connectivity index (χ3n) is 3.88. The minimum atomic E-state index is 0.0167. The molecule has 1 atom stereocenters. The lowest BCUT2D eigenvalue weighted by Crippen LogP contribution is -2.40. The van der Waals surface area contributed by atoms with Gasteiger partial charge in [-0.1, -0.05) is 6.07 Å². The van der Waals surface area contributed by atoms with Crippen LogP contribution in [0.15, 0.2) is 42.7 Å². The Morgan fingerprint density at radius 2 is 2.33 bits per heavy atom. The Hall–Kier alpha value is -2.30. The fraction of sp³-hybridized carbons (Fsp3) is 0.375. The molecule has 1 aliphatic heterocycles. The number of nitrogens with one attached hydrogen (secondary N) is 2. The smallest absolute Gasteiger partial charge is 0.317 e. The molecule has 1 unspecified atom stereocenters. The zero-order valence-electron chi connectivity index (χ0n) is 12.0. The van der Waals surface area contributed by atoms with Gasteiger partial charge in [-0.2, -0.15) is 0 Å². The van der Waals surface area contributed by atoms with Gasteiger partial charge in [0.1, 0.15) is 0 Å². The van der Waals surface area contributed by atoms with Crippen LogP contribution in [-0.2, 0) is 6.42 Å². The number of carbonyl (C=O) groups is 1. The molecule has 0 spiro atoms. The lowest BCUT2D eigenvalue weighted by atomic mass is 10.1. The summed E-state index contributed by atoms with van der Waals surface area (Å²) in [5, 5.41) is 3.00. The molecular formula is C16H20N4O. The van der Waals surface area contributed by atoms with Crippen molar-refractivity contribution in [2.24, 2.45) is 0 Å². The highest BCUT2D eigenvalue weighted by atomic mass is 16.2. The van der Waals surface area contributed by atoms with Crippen LogP contribution in [0.2, 0.25) is 0 Å². The van der Waals surface area contributed by atoms with E-state index in [1.54, 1.807) is 6.20 Å². The first-order valence-electron chi connectivity index (χ1n) is 7.42. The second-order valence-electron chi connectivity index (χ2n) is 5.28. The number of pyridine rings is 1. The van der Waals surface area contributed by atoms with Crippen LogP contribution in [0.4, 0.5) is 4.79 Å². The second kappa shape index (κ2) is 6.43. The summed E-state index contributed by atoms with van der Waals surface area (Å²) in [6, 6.07) is 10.1. The maximum Gasteiger partial charge on any atom is 0.317 e. The van der Waals surface area contributed by atoms with Gasteiger partial charge in [-0.05, 0) is 37.1 Å². The van der Waals surface area contributed by atoms with Crippen molar-refractivity contribution in [3.05, 3.63) is 54.1 Å². The maximum absolute atomic E-state index is 12.3. The third kappa shape index (κ3) is 3.24. The van der Waals surface area contributed by atoms with Crippen molar-refractivity contribution in [3.63, 3.8) is 0 Å². The molecule has 2 amide bonds. The van der Waals surface area contributed by atoms with Crippen LogP contribution in [0.25, 0.3) is 0 Å². The van der Waals surface area contributed by atoms with Crippen LogP contribution in [0.5, 0.6) is 0 Å². The van der Waals surface area contributed by atoms with Gasteiger partial charge in [0.2, 0.25) is 0 Å². The SMILES string of the molecule is O=C(NCCc1ccccn1)N1CCCC1c1ccc[nH]1. The Morgan fingerprint density at radius 1 is 1.38 bits per heavy atom. The Balaban J connectivity index is 1.53. The number of amides is 2. The number of aromatic nitrogens is 2. The van der Waals surface area contributed by atoms with Crippen LogP contribution < -0.4 is 5.32 Å². The zero-order valence-corrected chi connectivity index (χ0v) is 12.0. The number of rotatable bonds is 4. The first kappa shape index (κ1) is 13.7. The summed E-state index contributed by atoms with van der Waals surface area (Å²) in [7, 11) is 0. The van der Waals surface area contributed by atoms with Crippen molar-refractivity contribution < 1.29 is 4.79 Å². The largest absolute Gasteiger partial charge is 0.363 e. The molecule has 5 nitrogen and oxygen atoms in total. The fourth-order valence-corrected chi connectivity index (χ4v) is 2.83. The minimum Gasteiger partial charge on any atom is -0.363 e. The van der Waals surface area contributed by atoms with Gasteiger partial charge in [0.05, 0.1) is 6.04 Å². The van der Waals surface area contributed by atoms with Crippen molar-refractivity contribution in [1.82, 2.24) is 20.2 Å². The molecule has 0 bridgehead atoms. The minimum absolute atomic E-state index is 0.0167.